The molecule has 2 unspecified atom stereocenters. The van der Waals surface area contributed by atoms with Crippen LogP contribution in [-0.4, -0.2) is 58.6 Å². The van der Waals surface area contributed by atoms with Gasteiger partial charge in [0.1, 0.15) is 23.4 Å². The van der Waals surface area contributed by atoms with Crippen molar-refractivity contribution in [3.63, 3.8) is 0 Å². The monoisotopic (exact) mass is 490 g/mol. The van der Waals surface area contributed by atoms with Gasteiger partial charge >= 0.3 is 6.09 Å². The Labute approximate surface area is 206 Å². The number of hydrogen-bond acceptors (Lipinski definition) is 6. The van der Waals surface area contributed by atoms with Gasteiger partial charge in [-0.05, 0) is 51.3 Å². The van der Waals surface area contributed by atoms with Crippen molar-refractivity contribution in [2.24, 2.45) is 5.73 Å². The number of alkyl carbamates (subject to hydrolysis) is 1. The van der Waals surface area contributed by atoms with Crippen LogP contribution in [-0.2, 0) is 19.1 Å². The topological polar surface area (TPSA) is 151 Å². The van der Waals surface area contributed by atoms with E-state index in [0.717, 1.165) is 12.8 Å². The molecule has 10 heteroatoms. The van der Waals surface area contributed by atoms with E-state index in [1.165, 1.54) is 23.1 Å². The van der Waals surface area contributed by atoms with Crippen molar-refractivity contribution in [1.29, 1.82) is 0 Å². The number of benzene rings is 1. The van der Waals surface area contributed by atoms with Crippen LogP contribution in [0.15, 0.2) is 36.9 Å². The minimum atomic E-state index is -1.18. The standard InChI is InChI=1S/C25H38N4O6/c1-6-8-15-27-22(32)21(17-9-11-18(30)12-10-17)29(16-7-2)23(33)19(13-14-20(26)31)28-24(34)35-25(3,4)5/h7,9-12,19,21,30H,2,6,8,13-16H2,1,3-5H3,(H2,26,31)(H,27,32)(H,28,34). The molecule has 0 aliphatic rings. The molecular weight excluding hydrogens is 452 g/mol. The van der Waals surface area contributed by atoms with E-state index in [1.807, 2.05) is 6.92 Å². The Bertz CT molecular complexity index is 879. The summed E-state index contributed by atoms with van der Waals surface area (Å²) in [5.74, 6) is -1.67. The lowest BCUT2D eigenvalue weighted by atomic mass is 10.0. The van der Waals surface area contributed by atoms with E-state index in [2.05, 4.69) is 17.2 Å². The molecule has 0 bridgehead atoms. The SMILES string of the molecule is C=CCN(C(=O)C(CCC(N)=O)NC(=O)OC(C)(C)C)C(C(=O)NCCCC)c1ccc(O)cc1. The molecule has 0 radical (unpaired) electrons. The van der Waals surface area contributed by atoms with Crippen molar-refractivity contribution in [2.45, 2.75) is 71.1 Å². The van der Waals surface area contributed by atoms with Crippen molar-refractivity contribution < 1.29 is 29.0 Å². The van der Waals surface area contributed by atoms with E-state index in [-0.39, 0.29) is 25.1 Å². The van der Waals surface area contributed by atoms with Gasteiger partial charge in [0.2, 0.25) is 17.7 Å². The first-order valence-corrected chi connectivity index (χ1v) is 11.7. The molecule has 0 heterocycles. The van der Waals surface area contributed by atoms with Crippen LogP contribution in [0.2, 0.25) is 0 Å². The van der Waals surface area contributed by atoms with Crippen molar-refractivity contribution in [3.05, 3.63) is 42.5 Å². The largest absolute Gasteiger partial charge is 0.508 e. The fourth-order valence-corrected chi connectivity index (χ4v) is 3.27. The average Bonchev–Trinajstić information content (AvgIpc) is 2.76. The summed E-state index contributed by atoms with van der Waals surface area (Å²) in [6, 6.07) is 3.67. The molecule has 0 saturated heterocycles. The molecule has 0 spiro atoms. The highest BCUT2D eigenvalue weighted by atomic mass is 16.6. The number of aromatic hydroxyl groups is 1. The summed E-state index contributed by atoms with van der Waals surface area (Å²) in [7, 11) is 0. The quantitative estimate of drug-likeness (QED) is 0.246. The Hall–Kier alpha value is -3.56. The molecular formula is C25H38N4O6. The molecule has 0 aliphatic heterocycles. The Balaban J connectivity index is 3.37. The van der Waals surface area contributed by atoms with Gasteiger partial charge in [0, 0.05) is 19.5 Å². The molecule has 0 fully saturated rings. The highest BCUT2D eigenvalue weighted by Crippen LogP contribution is 2.25. The van der Waals surface area contributed by atoms with Crippen molar-refractivity contribution >= 4 is 23.8 Å². The first-order valence-electron chi connectivity index (χ1n) is 11.7. The first-order chi connectivity index (χ1) is 16.4. The second kappa shape index (κ2) is 14.0. The van der Waals surface area contributed by atoms with Crippen LogP contribution >= 0.6 is 0 Å². The maximum Gasteiger partial charge on any atom is 0.408 e. The third-order valence-electron chi connectivity index (χ3n) is 4.88. The summed E-state index contributed by atoms with van der Waals surface area (Å²) in [6.07, 6.45) is 2.00. The zero-order valence-corrected chi connectivity index (χ0v) is 21.0. The second-order valence-electron chi connectivity index (χ2n) is 9.12. The normalized spacial score (nSPS) is 12.7. The van der Waals surface area contributed by atoms with Crippen LogP contribution < -0.4 is 16.4 Å². The summed E-state index contributed by atoms with van der Waals surface area (Å²) in [5.41, 5.74) is 4.92. The van der Waals surface area contributed by atoms with Crippen LogP contribution in [0.3, 0.4) is 0 Å². The molecule has 0 saturated carbocycles. The van der Waals surface area contributed by atoms with Gasteiger partial charge in [0.25, 0.3) is 0 Å². The highest BCUT2D eigenvalue weighted by Gasteiger charge is 2.35. The number of nitrogens with two attached hydrogens (primary N) is 1. The van der Waals surface area contributed by atoms with Crippen LogP contribution in [0.25, 0.3) is 0 Å². The minimum absolute atomic E-state index is 0.00594. The van der Waals surface area contributed by atoms with E-state index in [9.17, 15) is 24.3 Å². The fraction of sp³-hybridized carbons (Fsp3) is 0.520. The molecule has 5 N–H and O–H groups in total. The number of carbonyl (C=O) groups is 4. The minimum Gasteiger partial charge on any atom is -0.508 e. The number of carbonyl (C=O) groups excluding carboxylic acids is 4. The number of amides is 4. The van der Waals surface area contributed by atoms with Crippen LogP contribution in [0.5, 0.6) is 5.75 Å². The number of nitrogens with one attached hydrogen (secondary N) is 2. The summed E-state index contributed by atoms with van der Waals surface area (Å²) in [6.45, 7) is 11.1. The number of ether oxygens (including phenoxy) is 1. The summed E-state index contributed by atoms with van der Waals surface area (Å²) in [5, 5.41) is 15.0. The zero-order valence-electron chi connectivity index (χ0n) is 21.0. The third kappa shape index (κ3) is 10.5. The molecule has 1 aromatic carbocycles. The summed E-state index contributed by atoms with van der Waals surface area (Å²) < 4.78 is 5.27. The van der Waals surface area contributed by atoms with Gasteiger partial charge in [-0.1, -0.05) is 31.6 Å². The number of phenolic OH excluding ortho intramolecular Hbond substituents is 1. The molecule has 4 amide bonds. The van der Waals surface area contributed by atoms with Crippen molar-refractivity contribution in [2.75, 3.05) is 13.1 Å². The van der Waals surface area contributed by atoms with Gasteiger partial charge in [0.15, 0.2) is 0 Å². The lowest BCUT2D eigenvalue weighted by molar-refractivity contribution is -0.142. The van der Waals surface area contributed by atoms with Gasteiger partial charge in [0.05, 0.1) is 0 Å². The molecule has 0 aromatic heterocycles. The van der Waals surface area contributed by atoms with E-state index in [1.54, 1.807) is 32.9 Å². The molecule has 1 aromatic rings. The van der Waals surface area contributed by atoms with Gasteiger partial charge in [-0.25, -0.2) is 4.79 Å². The number of rotatable bonds is 13. The van der Waals surface area contributed by atoms with E-state index < -0.39 is 41.5 Å². The lowest BCUT2D eigenvalue weighted by Gasteiger charge is -2.33. The predicted molar refractivity (Wildman–Crippen MR) is 132 cm³/mol. The molecule has 2 atom stereocenters. The lowest BCUT2D eigenvalue weighted by Crippen LogP contribution is -2.53. The maximum atomic E-state index is 13.7. The average molecular weight is 491 g/mol. The molecule has 0 aliphatic carbocycles. The van der Waals surface area contributed by atoms with Gasteiger partial charge in [-0.15, -0.1) is 6.58 Å². The number of primary amides is 1. The van der Waals surface area contributed by atoms with Gasteiger partial charge < -0.3 is 31.1 Å². The fourth-order valence-electron chi connectivity index (χ4n) is 3.27. The Kier molecular flexibility index (Phi) is 11.8. The first kappa shape index (κ1) is 29.5. The second-order valence-corrected chi connectivity index (χ2v) is 9.12. The number of phenols is 1. The maximum absolute atomic E-state index is 13.7. The van der Waals surface area contributed by atoms with Crippen LogP contribution in [0.4, 0.5) is 4.79 Å². The smallest absolute Gasteiger partial charge is 0.408 e. The van der Waals surface area contributed by atoms with Crippen molar-refractivity contribution in [3.8, 4) is 5.75 Å². The molecule has 1 rings (SSSR count). The highest BCUT2D eigenvalue weighted by molar-refractivity contribution is 5.92. The Morgan fingerprint density at radius 2 is 1.83 bits per heavy atom. The van der Waals surface area contributed by atoms with E-state index in [4.69, 9.17) is 10.5 Å². The molecule has 194 valence electrons. The van der Waals surface area contributed by atoms with Gasteiger partial charge in [-0.2, -0.15) is 0 Å². The Morgan fingerprint density at radius 3 is 2.34 bits per heavy atom. The third-order valence-corrected chi connectivity index (χ3v) is 4.88. The zero-order chi connectivity index (χ0) is 26.6. The van der Waals surface area contributed by atoms with E-state index >= 15 is 0 Å². The molecule has 10 nitrogen and oxygen atoms in total. The van der Waals surface area contributed by atoms with Crippen molar-refractivity contribution in [1.82, 2.24) is 15.5 Å². The van der Waals surface area contributed by atoms with E-state index in [0.29, 0.717) is 12.1 Å². The van der Waals surface area contributed by atoms with Crippen LogP contribution in [0, 0.1) is 0 Å². The van der Waals surface area contributed by atoms with Gasteiger partial charge in [-0.3, -0.25) is 14.4 Å². The number of nitrogens with zero attached hydrogens (tertiary/aromatic N) is 1. The summed E-state index contributed by atoms with van der Waals surface area (Å²) >= 11 is 0. The van der Waals surface area contributed by atoms with Crippen LogP contribution in [0.1, 0.15) is 65.0 Å². The number of hydrogen-bond donors (Lipinski definition) is 4. The molecule has 35 heavy (non-hydrogen) atoms. The Morgan fingerprint density at radius 1 is 1.20 bits per heavy atom. The number of unbranched alkanes of at least 4 members (excludes halogenated alkanes) is 1. The predicted octanol–water partition coefficient (Wildman–Crippen LogP) is 2.52. The summed E-state index contributed by atoms with van der Waals surface area (Å²) in [4.78, 5) is 52.1.